The summed E-state index contributed by atoms with van der Waals surface area (Å²) in [5, 5.41) is 18.6. The minimum atomic E-state index is -1.06. The number of rotatable bonds is 6. The number of carbonyl (C=O) groups is 1. The molecule has 0 unspecified atom stereocenters. The van der Waals surface area contributed by atoms with Crippen molar-refractivity contribution in [2.75, 3.05) is 26.5 Å². The number of anilines is 2. The lowest BCUT2D eigenvalue weighted by molar-refractivity contribution is 0.198. The molecule has 0 aliphatic rings. The zero-order chi connectivity index (χ0) is 25.5. The minimum absolute atomic E-state index is 0.327. The Balaban J connectivity index is 1.87. The number of ether oxygens (including phenoxy) is 1. The Morgan fingerprint density at radius 1 is 1.20 bits per heavy atom. The van der Waals surface area contributed by atoms with Gasteiger partial charge in [0.2, 0.25) is 0 Å². The van der Waals surface area contributed by atoms with Gasteiger partial charge >= 0.3 is 6.09 Å². The molecule has 3 aromatic heterocycles. The van der Waals surface area contributed by atoms with Crippen LogP contribution >= 0.6 is 0 Å². The van der Waals surface area contributed by atoms with Crippen LogP contribution in [0.3, 0.4) is 0 Å². The van der Waals surface area contributed by atoms with Gasteiger partial charge in [-0.1, -0.05) is 26.8 Å². The van der Waals surface area contributed by atoms with Gasteiger partial charge < -0.3 is 20.1 Å². The molecule has 1 aromatic carbocycles. The first kappa shape index (κ1) is 24.3. The Morgan fingerprint density at radius 2 is 1.94 bits per heavy atom. The number of nitrogens with zero attached hydrogens (tertiary/aromatic N) is 5. The lowest BCUT2D eigenvalue weighted by Crippen LogP contribution is -2.15. The van der Waals surface area contributed by atoms with Crippen molar-refractivity contribution in [1.29, 1.82) is 0 Å². The molecule has 9 heteroatoms. The fourth-order valence-electron chi connectivity index (χ4n) is 4.47. The van der Waals surface area contributed by atoms with E-state index in [1.54, 1.807) is 30.3 Å². The van der Waals surface area contributed by atoms with E-state index in [0.717, 1.165) is 34.3 Å². The highest BCUT2D eigenvalue weighted by Gasteiger charge is 2.30. The van der Waals surface area contributed by atoms with Crippen LogP contribution in [0.25, 0.3) is 22.2 Å². The zero-order valence-electron chi connectivity index (χ0n) is 21.2. The molecule has 3 heterocycles. The van der Waals surface area contributed by atoms with E-state index in [1.165, 1.54) is 4.57 Å². The van der Waals surface area contributed by atoms with Crippen molar-refractivity contribution in [1.82, 2.24) is 24.2 Å². The summed E-state index contributed by atoms with van der Waals surface area (Å²) in [5.74, 6) is 1.21. The lowest BCUT2D eigenvalue weighted by Gasteiger charge is -2.20. The fourth-order valence-corrected chi connectivity index (χ4v) is 4.47. The van der Waals surface area contributed by atoms with Crippen molar-refractivity contribution in [3.05, 3.63) is 54.0 Å². The van der Waals surface area contributed by atoms with Crippen LogP contribution in [-0.4, -0.2) is 56.6 Å². The molecule has 0 aliphatic carbocycles. The van der Waals surface area contributed by atoms with Crippen LogP contribution in [0.1, 0.15) is 31.9 Å². The Bertz CT molecular complexity index is 1390. The highest BCUT2D eigenvalue weighted by molar-refractivity contribution is 6.00. The molecule has 0 atom stereocenters. The third-order valence-electron chi connectivity index (χ3n) is 5.80. The van der Waals surface area contributed by atoms with Crippen LogP contribution in [-0.2, 0) is 19.0 Å². The number of aryl methyl sites for hydroxylation is 1. The highest BCUT2D eigenvalue weighted by atomic mass is 16.5. The van der Waals surface area contributed by atoms with E-state index in [-0.39, 0.29) is 5.41 Å². The first-order valence-electron chi connectivity index (χ1n) is 11.4. The number of hydrogen-bond acceptors (Lipinski definition) is 6. The molecule has 9 nitrogen and oxygen atoms in total. The third-order valence-corrected chi connectivity index (χ3v) is 5.80. The standard InChI is InChI=1S/C26H32N6O3/c1-26(2,3)23-18-13-27-22(29-19-9-8-16(14-30(4)5)10-21(19)35-7)11-20(18)32(25(33)34)24(23)17-12-28-31(6)15-17/h8-13,15H,14H2,1-7H3,(H,27,29)(H,33,34). The van der Waals surface area contributed by atoms with Crippen molar-refractivity contribution in [2.45, 2.75) is 32.7 Å². The van der Waals surface area contributed by atoms with Gasteiger partial charge in [0.1, 0.15) is 11.6 Å². The van der Waals surface area contributed by atoms with Crippen LogP contribution in [0.5, 0.6) is 5.75 Å². The average Bonchev–Trinajstić information content (AvgIpc) is 3.34. The molecule has 2 N–H and O–H groups in total. The number of benzene rings is 1. The number of carboxylic acid groups (broad SMARTS) is 1. The number of fused-ring (bicyclic) bond motifs is 1. The van der Waals surface area contributed by atoms with E-state index in [4.69, 9.17) is 4.74 Å². The summed E-state index contributed by atoms with van der Waals surface area (Å²) >= 11 is 0. The van der Waals surface area contributed by atoms with E-state index in [2.05, 4.69) is 41.1 Å². The Morgan fingerprint density at radius 3 is 2.51 bits per heavy atom. The van der Waals surface area contributed by atoms with Gasteiger partial charge in [-0.25, -0.2) is 14.3 Å². The number of aromatic nitrogens is 4. The van der Waals surface area contributed by atoms with Crippen molar-refractivity contribution >= 4 is 28.5 Å². The molecule has 0 bridgehead atoms. The normalized spacial score (nSPS) is 11.9. The fraction of sp³-hybridized carbons (Fsp3) is 0.346. The summed E-state index contributed by atoms with van der Waals surface area (Å²) in [6.07, 6.45) is 4.20. The molecule has 0 saturated heterocycles. The number of methoxy groups -OCH3 is 1. The Hall–Kier alpha value is -3.85. The van der Waals surface area contributed by atoms with Gasteiger partial charge in [-0.2, -0.15) is 5.10 Å². The van der Waals surface area contributed by atoms with Crippen molar-refractivity contribution in [3.63, 3.8) is 0 Å². The largest absolute Gasteiger partial charge is 0.495 e. The van der Waals surface area contributed by atoms with Crippen molar-refractivity contribution in [2.24, 2.45) is 7.05 Å². The maximum Gasteiger partial charge on any atom is 0.416 e. The molecule has 35 heavy (non-hydrogen) atoms. The summed E-state index contributed by atoms with van der Waals surface area (Å²) in [4.78, 5) is 19.2. The summed E-state index contributed by atoms with van der Waals surface area (Å²) in [6.45, 7) is 7.00. The van der Waals surface area contributed by atoms with Gasteiger partial charge in [0.05, 0.1) is 30.2 Å². The molecule has 0 fully saturated rings. The smallest absolute Gasteiger partial charge is 0.416 e. The summed E-state index contributed by atoms with van der Waals surface area (Å²) in [7, 11) is 7.47. The molecule has 4 rings (SSSR count). The quantitative estimate of drug-likeness (QED) is 0.401. The maximum atomic E-state index is 12.5. The second-order valence-corrected chi connectivity index (χ2v) is 9.98. The topological polar surface area (TPSA) is 97.4 Å². The van der Waals surface area contributed by atoms with Gasteiger partial charge in [0.15, 0.2) is 0 Å². The van der Waals surface area contributed by atoms with Crippen LogP contribution in [0, 0.1) is 0 Å². The summed E-state index contributed by atoms with van der Waals surface area (Å²) in [6, 6.07) is 7.73. The molecule has 0 saturated carbocycles. The van der Waals surface area contributed by atoms with Crippen molar-refractivity contribution in [3.8, 4) is 17.0 Å². The molecular weight excluding hydrogens is 444 g/mol. The van der Waals surface area contributed by atoms with Gasteiger partial charge in [0, 0.05) is 43.0 Å². The molecule has 0 amide bonds. The van der Waals surface area contributed by atoms with Crippen LogP contribution < -0.4 is 10.1 Å². The molecule has 0 radical (unpaired) electrons. The number of hydrogen-bond donors (Lipinski definition) is 2. The number of pyridine rings is 1. The first-order valence-corrected chi connectivity index (χ1v) is 11.4. The van der Waals surface area contributed by atoms with Gasteiger partial charge in [-0.05, 0) is 42.8 Å². The molecule has 0 spiro atoms. The van der Waals surface area contributed by atoms with E-state index in [9.17, 15) is 9.90 Å². The molecule has 0 aliphatic heterocycles. The first-order chi connectivity index (χ1) is 16.5. The van der Waals surface area contributed by atoms with Crippen LogP contribution in [0.15, 0.2) is 42.9 Å². The molecule has 184 valence electrons. The van der Waals surface area contributed by atoms with Gasteiger partial charge in [-0.3, -0.25) is 4.68 Å². The monoisotopic (exact) mass is 476 g/mol. The summed E-state index contributed by atoms with van der Waals surface area (Å²) < 4.78 is 8.60. The number of nitrogens with one attached hydrogen (secondary N) is 1. The van der Waals surface area contributed by atoms with E-state index < -0.39 is 6.09 Å². The second-order valence-electron chi connectivity index (χ2n) is 9.98. The van der Waals surface area contributed by atoms with Gasteiger partial charge in [0.25, 0.3) is 0 Å². The van der Waals surface area contributed by atoms with Crippen molar-refractivity contribution < 1.29 is 14.6 Å². The predicted octanol–water partition coefficient (Wildman–Crippen LogP) is 5.07. The Kier molecular flexibility index (Phi) is 6.29. The lowest BCUT2D eigenvalue weighted by atomic mass is 9.84. The van der Waals surface area contributed by atoms with E-state index in [0.29, 0.717) is 22.8 Å². The molecular formula is C26H32N6O3. The summed E-state index contributed by atoms with van der Waals surface area (Å²) in [5.41, 5.74) is 4.36. The van der Waals surface area contributed by atoms with E-state index in [1.807, 2.05) is 45.5 Å². The second kappa shape index (κ2) is 9.07. The van der Waals surface area contributed by atoms with Crippen LogP contribution in [0.4, 0.5) is 16.3 Å². The predicted molar refractivity (Wildman–Crippen MR) is 138 cm³/mol. The minimum Gasteiger partial charge on any atom is -0.495 e. The highest BCUT2D eigenvalue weighted by Crippen LogP contribution is 2.41. The van der Waals surface area contributed by atoms with Gasteiger partial charge in [-0.15, -0.1) is 0 Å². The SMILES string of the molecule is COc1cc(CN(C)C)ccc1Nc1cc2c(cn1)c(C(C)(C)C)c(-c1cnn(C)c1)n2C(=O)O. The Labute approximate surface area is 205 Å². The third kappa shape index (κ3) is 4.72. The van der Waals surface area contributed by atoms with Crippen LogP contribution in [0.2, 0.25) is 0 Å². The molecule has 4 aromatic rings. The van der Waals surface area contributed by atoms with E-state index >= 15 is 0 Å². The maximum absolute atomic E-state index is 12.5. The zero-order valence-corrected chi connectivity index (χ0v) is 21.2. The average molecular weight is 477 g/mol.